The van der Waals surface area contributed by atoms with Crippen LogP contribution in [0.5, 0.6) is 0 Å². The second-order valence-electron chi connectivity index (χ2n) is 6.06. The molecule has 0 heterocycles. The van der Waals surface area contributed by atoms with Crippen LogP contribution in [0.1, 0.15) is 37.7 Å². The molecular weight excluding hydrogens is 322 g/mol. The van der Waals surface area contributed by atoms with Gasteiger partial charge in [0.2, 0.25) is 0 Å². The summed E-state index contributed by atoms with van der Waals surface area (Å²) in [5.41, 5.74) is 1.22. The maximum atomic E-state index is 12.5. The fourth-order valence-electron chi connectivity index (χ4n) is 2.64. The molecule has 0 unspecified atom stereocenters. The summed E-state index contributed by atoms with van der Waals surface area (Å²) < 4.78 is 12.5. The zero-order valence-corrected chi connectivity index (χ0v) is 15.7. The van der Waals surface area contributed by atoms with Gasteiger partial charge in [0.1, 0.15) is 0 Å². The van der Waals surface area contributed by atoms with Gasteiger partial charge in [-0.2, -0.15) is 0 Å². The van der Waals surface area contributed by atoms with E-state index in [2.05, 4.69) is 29.2 Å². The van der Waals surface area contributed by atoms with E-state index < -0.39 is 10.8 Å². The van der Waals surface area contributed by atoms with Gasteiger partial charge in [0, 0.05) is 30.5 Å². The van der Waals surface area contributed by atoms with Gasteiger partial charge in [0.25, 0.3) is 0 Å². The predicted molar refractivity (Wildman–Crippen MR) is 105 cm³/mol. The van der Waals surface area contributed by atoms with Crippen LogP contribution in [0.3, 0.4) is 0 Å². The Bertz CT molecular complexity index is 546. The van der Waals surface area contributed by atoms with Crippen LogP contribution in [0.2, 0.25) is 0 Å². The van der Waals surface area contributed by atoms with E-state index in [-0.39, 0.29) is 0 Å². The Labute approximate surface area is 147 Å². The monoisotopic (exact) mass is 349 g/mol. The molecule has 0 aromatic heterocycles. The highest BCUT2D eigenvalue weighted by Gasteiger charge is 2.19. The Hall–Kier alpha value is -1.00. The summed E-state index contributed by atoms with van der Waals surface area (Å²) in [5, 5.41) is 3.43. The van der Waals surface area contributed by atoms with Crippen molar-refractivity contribution in [2.45, 2.75) is 37.4 Å². The lowest BCUT2D eigenvalue weighted by Crippen LogP contribution is -2.18. The van der Waals surface area contributed by atoms with E-state index in [4.69, 9.17) is 0 Å². The fourth-order valence-corrected chi connectivity index (χ4v) is 5.22. The van der Waals surface area contributed by atoms with Crippen molar-refractivity contribution in [1.82, 2.24) is 4.90 Å². The van der Waals surface area contributed by atoms with E-state index in [9.17, 15) is 4.21 Å². The van der Waals surface area contributed by atoms with Crippen molar-refractivity contribution < 1.29 is 4.21 Å². The normalized spacial score (nSPS) is 18.3. The number of hydrogen-bond acceptors (Lipinski definition) is 3. The molecule has 0 radical (unpaired) electrons. The Morgan fingerprint density at radius 1 is 1.22 bits per heavy atom. The third-order valence-electron chi connectivity index (χ3n) is 3.98. The first-order chi connectivity index (χ1) is 11.2. The largest absolute Gasteiger partial charge is 0.372 e. The maximum Gasteiger partial charge on any atom is 0.0795 e. The Morgan fingerprint density at radius 2 is 1.91 bits per heavy atom. The highest BCUT2D eigenvalue weighted by Crippen LogP contribution is 2.26. The maximum absolute atomic E-state index is 12.5. The highest BCUT2D eigenvalue weighted by molar-refractivity contribution is 8.03. The third kappa shape index (κ3) is 6.56. The van der Waals surface area contributed by atoms with Crippen molar-refractivity contribution in [2.75, 3.05) is 19.8 Å². The summed E-state index contributed by atoms with van der Waals surface area (Å²) in [6, 6.07) is 10.3. The van der Waals surface area contributed by atoms with E-state index in [1.54, 1.807) is 11.8 Å². The molecule has 1 aromatic rings. The molecule has 1 atom stereocenters. The van der Waals surface area contributed by atoms with Crippen LogP contribution in [0.4, 0.5) is 0 Å². The smallest absolute Gasteiger partial charge is 0.0795 e. The topological polar surface area (TPSA) is 20.3 Å². The quantitative estimate of drug-likeness (QED) is 0.700. The Morgan fingerprint density at radius 3 is 2.57 bits per heavy atom. The van der Waals surface area contributed by atoms with Crippen LogP contribution >= 0.6 is 11.8 Å². The summed E-state index contributed by atoms with van der Waals surface area (Å²) in [5.74, 6) is 0.890. The van der Waals surface area contributed by atoms with Gasteiger partial charge in [-0.3, -0.25) is 4.21 Å². The molecule has 0 bridgehead atoms. The number of benzene rings is 1. The Balaban J connectivity index is 1.89. The molecule has 23 heavy (non-hydrogen) atoms. The number of nitrogens with zero attached hydrogens (tertiary/aromatic N) is 1. The second-order valence-corrected chi connectivity index (χ2v) is 8.66. The van der Waals surface area contributed by atoms with Crippen molar-refractivity contribution in [3.8, 4) is 0 Å². The summed E-state index contributed by atoms with van der Waals surface area (Å²) in [7, 11) is 3.20. The molecule has 1 aliphatic carbocycles. The van der Waals surface area contributed by atoms with Crippen molar-refractivity contribution in [2.24, 2.45) is 0 Å². The van der Waals surface area contributed by atoms with Gasteiger partial charge in [-0.05, 0) is 18.4 Å². The fraction of sp³-hybridized carbons (Fsp3) is 0.474. The van der Waals surface area contributed by atoms with Crippen LogP contribution < -0.4 is 0 Å². The van der Waals surface area contributed by atoms with Crippen LogP contribution in [-0.2, 0) is 10.8 Å². The first-order valence-electron chi connectivity index (χ1n) is 8.30. The molecule has 126 valence electrons. The minimum absolute atomic E-state index is 0.360. The standard InChI is InChI=1S/C19H27NOS2/c1-20(2)19(16-23(21)18-13-7-4-8-14-18)22-15-9-12-17-10-5-3-6-11-17/h3,5-6,9-12,16,18H,4,7-8,13-15H2,1-2H3/b12-9-,19-16-/t23-/m1/s1. The van der Waals surface area contributed by atoms with Crippen LogP contribution in [-0.4, -0.2) is 34.2 Å². The summed E-state index contributed by atoms with van der Waals surface area (Å²) in [6.45, 7) is 0. The van der Waals surface area contributed by atoms with Crippen LogP contribution in [0.25, 0.3) is 6.08 Å². The average molecular weight is 350 g/mol. The van der Waals surface area contributed by atoms with E-state index in [0.717, 1.165) is 23.6 Å². The van der Waals surface area contributed by atoms with Gasteiger partial charge in [0.05, 0.1) is 15.8 Å². The van der Waals surface area contributed by atoms with Crippen molar-refractivity contribution in [1.29, 1.82) is 0 Å². The summed E-state index contributed by atoms with van der Waals surface area (Å²) >= 11 is 1.75. The van der Waals surface area contributed by atoms with E-state index >= 15 is 0 Å². The number of hydrogen-bond donors (Lipinski definition) is 0. The molecule has 1 fully saturated rings. The number of thioether (sulfide) groups is 1. The van der Waals surface area contributed by atoms with Crippen LogP contribution in [0.15, 0.2) is 46.8 Å². The van der Waals surface area contributed by atoms with E-state index in [1.807, 2.05) is 37.7 Å². The predicted octanol–water partition coefficient (Wildman–Crippen LogP) is 4.87. The molecular formula is C19H27NOS2. The first-order valence-corrected chi connectivity index (χ1v) is 10.6. The van der Waals surface area contributed by atoms with E-state index in [1.165, 1.54) is 24.8 Å². The number of rotatable bonds is 7. The Kier molecular flexibility index (Phi) is 7.96. The molecule has 0 amide bonds. The SMILES string of the molecule is CN(C)/C(=C/[S@@](=O)C1CCCCC1)SC/C=C\c1ccccc1. The minimum Gasteiger partial charge on any atom is -0.372 e. The zero-order valence-electron chi connectivity index (χ0n) is 14.1. The van der Waals surface area contributed by atoms with Gasteiger partial charge in [-0.15, -0.1) is 11.8 Å². The molecule has 2 nitrogen and oxygen atoms in total. The van der Waals surface area contributed by atoms with Gasteiger partial charge >= 0.3 is 0 Å². The average Bonchev–Trinajstić information content (AvgIpc) is 2.59. The second kappa shape index (κ2) is 9.99. The van der Waals surface area contributed by atoms with Crippen LogP contribution in [0, 0.1) is 0 Å². The lowest BCUT2D eigenvalue weighted by Gasteiger charge is -2.21. The van der Waals surface area contributed by atoms with Crippen molar-refractivity contribution in [3.05, 3.63) is 52.4 Å². The minimum atomic E-state index is -0.847. The van der Waals surface area contributed by atoms with Gasteiger partial charge in [0.15, 0.2) is 0 Å². The van der Waals surface area contributed by atoms with Crippen molar-refractivity contribution in [3.63, 3.8) is 0 Å². The van der Waals surface area contributed by atoms with Gasteiger partial charge in [-0.25, -0.2) is 0 Å². The molecule has 4 heteroatoms. The van der Waals surface area contributed by atoms with E-state index in [0.29, 0.717) is 5.25 Å². The molecule has 1 saturated carbocycles. The van der Waals surface area contributed by atoms with Gasteiger partial charge in [-0.1, -0.05) is 61.7 Å². The zero-order chi connectivity index (χ0) is 16.5. The lowest BCUT2D eigenvalue weighted by molar-refractivity contribution is 0.506. The molecule has 1 aromatic carbocycles. The molecule has 0 spiro atoms. The third-order valence-corrected chi connectivity index (χ3v) is 6.85. The molecule has 0 aliphatic heterocycles. The molecule has 2 rings (SSSR count). The van der Waals surface area contributed by atoms with Gasteiger partial charge < -0.3 is 4.90 Å². The summed E-state index contributed by atoms with van der Waals surface area (Å²) in [6.07, 6.45) is 10.3. The van der Waals surface area contributed by atoms with Crippen molar-refractivity contribution >= 4 is 28.6 Å². The highest BCUT2D eigenvalue weighted by atomic mass is 32.2. The molecule has 0 saturated heterocycles. The first kappa shape index (κ1) is 18.3. The summed E-state index contributed by atoms with van der Waals surface area (Å²) in [4.78, 5) is 2.07. The molecule has 0 N–H and O–H groups in total. The molecule has 1 aliphatic rings. The lowest BCUT2D eigenvalue weighted by atomic mass is 10.0.